The Bertz CT molecular complexity index is 394. The van der Waals surface area contributed by atoms with Gasteiger partial charge in [-0.2, -0.15) is 23.5 Å². The van der Waals surface area contributed by atoms with Crippen molar-refractivity contribution in [3.05, 3.63) is 35.4 Å². The summed E-state index contributed by atoms with van der Waals surface area (Å²) in [5, 5.41) is 1.28. The van der Waals surface area contributed by atoms with Gasteiger partial charge in [0.2, 0.25) is 0 Å². The summed E-state index contributed by atoms with van der Waals surface area (Å²) in [4.78, 5) is 0. The number of aryl methyl sites for hydroxylation is 1. The predicted octanol–water partition coefficient (Wildman–Crippen LogP) is 4.27. The van der Waals surface area contributed by atoms with Gasteiger partial charge < -0.3 is 5.73 Å². The third-order valence-electron chi connectivity index (χ3n) is 3.72. The molecule has 0 saturated carbocycles. The standard InChI is InChI=1S/C16H25NS2/c1-3-6-12-7-5-8-13(11-12)15(17)16-14(4-2)18-9-10-19-16/h5,7-8,11,14-16H,3-4,6,9-10,17H2,1-2H3. The number of benzene rings is 1. The molecule has 0 spiro atoms. The fourth-order valence-corrected chi connectivity index (χ4v) is 5.89. The summed E-state index contributed by atoms with van der Waals surface area (Å²) in [7, 11) is 0. The first kappa shape index (κ1) is 15.3. The number of nitrogens with two attached hydrogens (primary N) is 1. The lowest BCUT2D eigenvalue weighted by molar-refractivity contribution is 0.629. The molecule has 3 unspecified atom stereocenters. The molecule has 0 aliphatic carbocycles. The molecule has 1 heterocycles. The number of hydrogen-bond donors (Lipinski definition) is 1. The second-order valence-electron chi connectivity index (χ2n) is 5.17. The van der Waals surface area contributed by atoms with E-state index in [4.69, 9.17) is 5.73 Å². The van der Waals surface area contributed by atoms with E-state index in [9.17, 15) is 0 Å². The molecule has 0 aromatic heterocycles. The van der Waals surface area contributed by atoms with E-state index in [2.05, 4.69) is 61.6 Å². The zero-order valence-electron chi connectivity index (χ0n) is 12.0. The highest BCUT2D eigenvalue weighted by atomic mass is 32.2. The van der Waals surface area contributed by atoms with Crippen LogP contribution in [0.3, 0.4) is 0 Å². The van der Waals surface area contributed by atoms with Crippen LogP contribution in [-0.2, 0) is 6.42 Å². The molecule has 19 heavy (non-hydrogen) atoms. The molecule has 0 amide bonds. The topological polar surface area (TPSA) is 26.0 Å². The van der Waals surface area contributed by atoms with Crippen LogP contribution < -0.4 is 5.73 Å². The molecule has 1 aliphatic rings. The van der Waals surface area contributed by atoms with Crippen LogP contribution in [0.2, 0.25) is 0 Å². The Morgan fingerprint density at radius 3 is 2.79 bits per heavy atom. The molecule has 1 nitrogen and oxygen atoms in total. The number of rotatable bonds is 5. The lowest BCUT2D eigenvalue weighted by Gasteiger charge is -2.34. The van der Waals surface area contributed by atoms with Gasteiger partial charge in [-0.25, -0.2) is 0 Å². The van der Waals surface area contributed by atoms with Gasteiger partial charge in [-0.3, -0.25) is 0 Å². The number of thioether (sulfide) groups is 2. The van der Waals surface area contributed by atoms with Gasteiger partial charge in [0.1, 0.15) is 0 Å². The van der Waals surface area contributed by atoms with E-state index < -0.39 is 0 Å². The Morgan fingerprint density at radius 2 is 2.05 bits per heavy atom. The Balaban J connectivity index is 2.12. The Labute approximate surface area is 126 Å². The maximum absolute atomic E-state index is 6.57. The Hall–Kier alpha value is -0.120. The molecule has 3 heteroatoms. The van der Waals surface area contributed by atoms with Crippen molar-refractivity contribution in [1.29, 1.82) is 0 Å². The van der Waals surface area contributed by atoms with Crippen LogP contribution in [0.5, 0.6) is 0 Å². The average Bonchev–Trinajstić information content (AvgIpc) is 2.47. The van der Waals surface area contributed by atoms with E-state index >= 15 is 0 Å². The SMILES string of the molecule is CCCc1cccc(C(N)C2SCCSC2CC)c1. The minimum absolute atomic E-state index is 0.180. The molecule has 0 bridgehead atoms. The van der Waals surface area contributed by atoms with Gasteiger partial charge in [0.05, 0.1) is 0 Å². The van der Waals surface area contributed by atoms with Crippen molar-refractivity contribution in [2.24, 2.45) is 5.73 Å². The molecular weight excluding hydrogens is 270 g/mol. The minimum Gasteiger partial charge on any atom is -0.323 e. The van der Waals surface area contributed by atoms with Crippen LogP contribution in [0, 0.1) is 0 Å². The van der Waals surface area contributed by atoms with Crippen molar-refractivity contribution in [1.82, 2.24) is 0 Å². The summed E-state index contributed by atoms with van der Waals surface area (Å²) in [6.07, 6.45) is 3.58. The first-order valence-corrected chi connectivity index (χ1v) is 9.43. The normalized spacial score (nSPS) is 25.2. The molecule has 1 fully saturated rings. The van der Waals surface area contributed by atoms with Gasteiger partial charge in [0.15, 0.2) is 0 Å². The molecule has 1 saturated heterocycles. The van der Waals surface area contributed by atoms with Gasteiger partial charge in [0.25, 0.3) is 0 Å². The third-order valence-corrected chi connectivity index (χ3v) is 7.09. The van der Waals surface area contributed by atoms with Crippen molar-refractivity contribution in [3.8, 4) is 0 Å². The highest BCUT2D eigenvalue weighted by Gasteiger charge is 2.30. The van der Waals surface area contributed by atoms with E-state index in [1.165, 1.54) is 35.5 Å². The smallest absolute Gasteiger partial charge is 0.0426 e. The maximum atomic E-state index is 6.57. The molecule has 2 N–H and O–H groups in total. The lowest BCUT2D eigenvalue weighted by Crippen LogP contribution is -2.35. The number of hydrogen-bond acceptors (Lipinski definition) is 3. The first-order valence-electron chi connectivity index (χ1n) is 7.33. The van der Waals surface area contributed by atoms with Crippen molar-refractivity contribution in [2.75, 3.05) is 11.5 Å². The predicted molar refractivity (Wildman–Crippen MR) is 90.1 cm³/mol. The first-order chi connectivity index (χ1) is 9.26. The zero-order chi connectivity index (χ0) is 13.7. The molecular formula is C16H25NS2. The van der Waals surface area contributed by atoms with Crippen LogP contribution >= 0.6 is 23.5 Å². The highest BCUT2D eigenvalue weighted by Crippen LogP contribution is 2.39. The fraction of sp³-hybridized carbons (Fsp3) is 0.625. The van der Waals surface area contributed by atoms with Gasteiger partial charge in [-0.1, -0.05) is 44.5 Å². The monoisotopic (exact) mass is 295 g/mol. The summed E-state index contributed by atoms with van der Waals surface area (Å²) in [6.45, 7) is 4.52. The van der Waals surface area contributed by atoms with Gasteiger partial charge in [-0.15, -0.1) is 0 Å². The average molecular weight is 296 g/mol. The third kappa shape index (κ3) is 3.93. The summed E-state index contributed by atoms with van der Waals surface area (Å²) < 4.78 is 0. The molecule has 106 valence electrons. The quantitative estimate of drug-likeness (QED) is 0.878. The van der Waals surface area contributed by atoms with Crippen LogP contribution in [0.15, 0.2) is 24.3 Å². The van der Waals surface area contributed by atoms with Gasteiger partial charge in [0, 0.05) is 28.0 Å². The molecule has 0 radical (unpaired) electrons. The van der Waals surface area contributed by atoms with Crippen LogP contribution in [0.25, 0.3) is 0 Å². The van der Waals surface area contributed by atoms with E-state index in [1.807, 2.05) is 0 Å². The molecule has 1 aromatic carbocycles. The van der Waals surface area contributed by atoms with E-state index in [0.717, 1.165) is 6.42 Å². The van der Waals surface area contributed by atoms with Gasteiger partial charge >= 0.3 is 0 Å². The second-order valence-corrected chi connectivity index (χ2v) is 7.81. The van der Waals surface area contributed by atoms with Crippen molar-refractivity contribution < 1.29 is 0 Å². The minimum atomic E-state index is 0.180. The Morgan fingerprint density at radius 1 is 1.26 bits per heavy atom. The van der Waals surface area contributed by atoms with E-state index in [0.29, 0.717) is 10.5 Å². The van der Waals surface area contributed by atoms with Crippen LogP contribution in [-0.4, -0.2) is 22.0 Å². The molecule has 3 atom stereocenters. The largest absolute Gasteiger partial charge is 0.323 e. The van der Waals surface area contributed by atoms with Gasteiger partial charge in [-0.05, 0) is 24.0 Å². The second kappa shape index (κ2) is 7.61. The van der Waals surface area contributed by atoms with Crippen molar-refractivity contribution in [3.63, 3.8) is 0 Å². The molecule has 2 rings (SSSR count). The van der Waals surface area contributed by atoms with Crippen LogP contribution in [0.4, 0.5) is 0 Å². The summed E-state index contributed by atoms with van der Waals surface area (Å²) in [6, 6.07) is 9.10. The van der Waals surface area contributed by atoms with Crippen molar-refractivity contribution in [2.45, 2.75) is 49.7 Å². The fourth-order valence-electron chi connectivity index (χ4n) is 2.71. The Kier molecular flexibility index (Phi) is 6.11. The summed E-state index contributed by atoms with van der Waals surface area (Å²) in [5.74, 6) is 2.52. The summed E-state index contributed by atoms with van der Waals surface area (Å²) >= 11 is 4.18. The zero-order valence-corrected chi connectivity index (χ0v) is 13.6. The van der Waals surface area contributed by atoms with Crippen molar-refractivity contribution >= 4 is 23.5 Å². The highest BCUT2D eigenvalue weighted by molar-refractivity contribution is 8.07. The molecule has 1 aliphatic heterocycles. The lowest BCUT2D eigenvalue weighted by atomic mass is 9.98. The maximum Gasteiger partial charge on any atom is 0.0426 e. The molecule has 1 aromatic rings. The van der Waals surface area contributed by atoms with Crippen LogP contribution in [0.1, 0.15) is 43.9 Å². The van der Waals surface area contributed by atoms with E-state index in [-0.39, 0.29) is 6.04 Å². The summed E-state index contributed by atoms with van der Waals surface area (Å²) in [5.41, 5.74) is 9.32. The van der Waals surface area contributed by atoms with E-state index in [1.54, 1.807) is 0 Å².